The van der Waals surface area contributed by atoms with Gasteiger partial charge >= 0.3 is 0 Å². The van der Waals surface area contributed by atoms with Crippen LogP contribution in [0.1, 0.15) is 30.6 Å². The molecule has 6 heteroatoms. The maximum Gasteiger partial charge on any atom is 0.251 e. The van der Waals surface area contributed by atoms with Crippen LogP contribution in [-0.4, -0.2) is 24.9 Å². The Morgan fingerprint density at radius 3 is 2.25 bits per heavy atom. The minimum Gasteiger partial charge on any atom is -0.355 e. The summed E-state index contributed by atoms with van der Waals surface area (Å²) < 4.78 is 0. The van der Waals surface area contributed by atoms with Gasteiger partial charge in [-0.05, 0) is 30.2 Å². The molecule has 4 N–H and O–H groups in total. The topological polar surface area (TPSA) is 84.2 Å². The van der Waals surface area contributed by atoms with Gasteiger partial charge in [-0.3, -0.25) is 9.59 Å². The highest BCUT2D eigenvalue weighted by Crippen LogP contribution is 2.12. The molecule has 0 radical (unpaired) electrons. The molecule has 0 aliphatic carbocycles. The molecule has 0 spiro atoms. The lowest BCUT2D eigenvalue weighted by Gasteiger charge is -2.17. The summed E-state index contributed by atoms with van der Waals surface area (Å²) in [6, 6.07) is 6.16. The van der Waals surface area contributed by atoms with Gasteiger partial charge in [-0.15, -0.1) is 12.4 Å². The van der Waals surface area contributed by atoms with Gasteiger partial charge in [0.25, 0.3) is 5.91 Å². The molecule has 2 unspecified atom stereocenters. The van der Waals surface area contributed by atoms with Crippen LogP contribution in [0.15, 0.2) is 24.3 Å². The molecule has 5 nitrogen and oxygen atoms in total. The first-order chi connectivity index (χ1) is 8.99. The Hall–Kier alpha value is -1.59. The standard InChI is InChI=1S/C14H21N3O2.ClH/c1-4-9(2)12(15)14(19)17-11-7-5-10(6-8-11)13(18)16-3;/h5-9,12H,4,15H2,1-3H3,(H,16,18)(H,17,19);1H. The van der Waals surface area contributed by atoms with E-state index in [0.717, 1.165) is 6.42 Å². The lowest BCUT2D eigenvalue weighted by molar-refractivity contribution is -0.118. The molecule has 2 atom stereocenters. The lowest BCUT2D eigenvalue weighted by Crippen LogP contribution is -2.40. The zero-order chi connectivity index (χ0) is 14.4. The number of carbonyl (C=O) groups excluding carboxylic acids is 2. The second-order valence-electron chi connectivity index (χ2n) is 4.56. The normalized spacial score (nSPS) is 12.8. The molecule has 20 heavy (non-hydrogen) atoms. The van der Waals surface area contributed by atoms with Gasteiger partial charge in [0.1, 0.15) is 0 Å². The first kappa shape index (κ1) is 18.4. The number of anilines is 1. The largest absolute Gasteiger partial charge is 0.355 e. The molecule has 0 aliphatic rings. The highest BCUT2D eigenvalue weighted by Gasteiger charge is 2.19. The summed E-state index contributed by atoms with van der Waals surface area (Å²) in [6.45, 7) is 3.94. The number of nitrogens with one attached hydrogen (secondary N) is 2. The van der Waals surface area contributed by atoms with Crippen molar-refractivity contribution in [3.8, 4) is 0 Å². The Bertz CT molecular complexity index is 448. The van der Waals surface area contributed by atoms with E-state index in [4.69, 9.17) is 5.73 Å². The summed E-state index contributed by atoms with van der Waals surface area (Å²) in [5.74, 6) is -0.235. The van der Waals surface area contributed by atoms with Crippen molar-refractivity contribution in [3.05, 3.63) is 29.8 Å². The van der Waals surface area contributed by atoms with E-state index in [1.54, 1.807) is 31.3 Å². The van der Waals surface area contributed by atoms with Gasteiger partial charge in [-0.25, -0.2) is 0 Å². The zero-order valence-electron chi connectivity index (χ0n) is 12.0. The highest BCUT2D eigenvalue weighted by atomic mass is 35.5. The van der Waals surface area contributed by atoms with Gasteiger partial charge in [-0.2, -0.15) is 0 Å². The Morgan fingerprint density at radius 2 is 1.80 bits per heavy atom. The van der Waals surface area contributed by atoms with E-state index < -0.39 is 6.04 Å². The molecule has 2 amide bonds. The summed E-state index contributed by atoms with van der Waals surface area (Å²) in [7, 11) is 1.57. The van der Waals surface area contributed by atoms with Crippen LogP contribution < -0.4 is 16.4 Å². The van der Waals surface area contributed by atoms with Gasteiger partial charge in [0.2, 0.25) is 5.91 Å². The second-order valence-corrected chi connectivity index (χ2v) is 4.56. The van der Waals surface area contributed by atoms with Crippen molar-refractivity contribution in [1.82, 2.24) is 5.32 Å². The summed E-state index contributed by atoms with van der Waals surface area (Å²) in [6.07, 6.45) is 0.851. The van der Waals surface area contributed by atoms with Crippen molar-refractivity contribution < 1.29 is 9.59 Å². The van der Waals surface area contributed by atoms with Crippen molar-refractivity contribution in [2.75, 3.05) is 12.4 Å². The van der Waals surface area contributed by atoms with Crippen molar-refractivity contribution >= 4 is 29.9 Å². The molecule has 0 bridgehead atoms. The second kappa shape index (κ2) is 8.55. The number of hydrogen-bond donors (Lipinski definition) is 3. The van der Waals surface area contributed by atoms with E-state index in [9.17, 15) is 9.59 Å². The van der Waals surface area contributed by atoms with Crippen molar-refractivity contribution in [2.45, 2.75) is 26.3 Å². The predicted octanol–water partition coefficient (Wildman–Crippen LogP) is 1.78. The Kier molecular flexibility index (Phi) is 7.87. The summed E-state index contributed by atoms with van der Waals surface area (Å²) >= 11 is 0. The summed E-state index contributed by atoms with van der Waals surface area (Å²) in [5.41, 5.74) is 7.03. The highest BCUT2D eigenvalue weighted by molar-refractivity contribution is 5.97. The van der Waals surface area contributed by atoms with Gasteiger partial charge in [0, 0.05) is 18.3 Å². The van der Waals surface area contributed by atoms with Crippen LogP contribution in [0, 0.1) is 5.92 Å². The van der Waals surface area contributed by atoms with E-state index in [1.807, 2.05) is 13.8 Å². The molecule has 1 aromatic rings. The minimum atomic E-state index is -0.524. The Labute approximate surface area is 125 Å². The number of benzene rings is 1. The first-order valence-electron chi connectivity index (χ1n) is 6.38. The molecule has 0 aromatic heterocycles. The fourth-order valence-electron chi connectivity index (χ4n) is 1.59. The van der Waals surface area contributed by atoms with Crippen molar-refractivity contribution in [2.24, 2.45) is 11.7 Å². The number of hydrogen-bond acceptors (Lipinski definition) is 3. The lowest BCUT2D eigenvalue weighted by atomic mass is 9.99. The number of nitrogens with two attached hydrogens (primary N) is 1. The molecule has 0 saturated heterocycles. The van der Waals surface area contributed by atoms with Gasteiger partial charge in [0.15, 0.2) is 0 Å². The van der Waals surface area contributed by atoms with Crippen LogP contribution in [0.5, 0.6) is 0 Å². The average molecular weight is 300 g/mol. The van der Waals surface area contributed by atoms with E-state index in [2.05, 4.69) is 10.6 Å². The van der Waals surface area contributed by atoms with E-state index in [-0.39, 0.29) is 30.1 Å². The number of amides is 2. The maximum atomic E-state index is 11.9. The van der Waals surface area contributed by atoms with Gasteiger partial charge < -0.3 is 16.4 Å². The number of rotatable bonds is 5. The first-order valence-corrected chi connectivity index (χ1v) is 6.38. The average Bonchev–Trinajstić information content (AvgIpc) is 2.45. The van der Waals surface area contributed by atoms with Gasteiger partial charge in [-0.1, -0.05) is 20.3 Å². The van der Waals surface area contributed by atoms with Crippen LogP contribution in [0.2, 0.25) is 0 Å². The molecule has 0 saturated carbocycles. The van der Waals surface area contributed by atoms with Crippen LogP contribution in [0.25, 0.3) is 0 Å². The molecule has 112 valence electrons. The summed E-state index contributed by atoms with van der Waals surface area (Å²) in [4.78, 5) is 23.2. The minimum absolute atomic E-state index is 0. The van der Waals surface area contributed by atoms with Crippen LogP contribution in [-0.2, 0) is 4.79 Å². The third-order valence-electron chi connectivity index (χ3n) is 3.20. The third-order valence-corrected chi connectivity index (χ3v) is 3.20. The fourth-order valence-corrected chi connectivity index (χ4v) is 1.59. The Balaban J connectivity index is 0.00000361. The molecular formula is C14H22ClN3O2. The smallest absolute Gasteiger partial charge is 0.251 e. The fraction of sp³-hybridized carbons (Fsp3) is 0.429. The van der Waals surface area contributed by atoms with E-state index in [0.29, 0.717) is 11.3 Å². The SMILES string of the molecule is CCC(C)C(N)C(=O)Nc1ccc(C(=O)NC)cc1.Cl. The molecule has 0 aliphatic heterocycles. The quantitative estimate of drug-likeness (QED) is 0.775. The molecule has 0 fully saturated rings. The number of carbonyl (C=O) groups is 2. The van der Waals surface area contributed by atoms with Crippen LogP contribution >= 0.6 is 12.4 Å². The zero-order valence-corrected chi connectivity index (χ0v) is 12.8. The van der Waals surface area contributed by atoms with Crippen molar-refractivity contribution in [3.63, 3.8) is 0 Å². The van der Waals surface area contributed by atoms with Gasteiger partial charge in [0.05, 0.1) is 6.04 Å². The molecule has 1 rings (SSSR count). The maximum absolute atomic E-state index is 11.9. The third kappa shape index (κ3) is 4.83. The number of halogens is 1. The summed E-state index contributed by atoms with van der Waals surface area (Å²) in [5, 5.41) is 5.28. The van der Waals surface area contributed by atoms with Crippen LogP contribution in [0.4, 0.5) is 5.69 Å². The molecule has 0 heterocycles. The Morgan fingerprint density at radius 1 is 1.25 bits per heavy atom. The van der Waals surface area contributed by atoms with E-state index in [1.165, 1.54) is 0 Å². The molecular weight excluding hydrogens is 278 g/mol. The van der Waals surface area contributed by atoms with Crippen LogP contribution in [0.3, 0.4) is 0 Å². The predicted molar refractivity (Wildman–Crippen MR) is 83.1 cm³/mol. The van der Waals surface area contributed by atoms with Crippen molar-refractivity contribution in [1.29, 1.82) is 0 Å². The van der Waals surface area contributed by atoms with E-state index >= 15 is 0 Å². The monoisotopic (exact) mass is 299 g/mol. The molecule has 1 aromatic carbocycles.